The molecule has 0 spiro atoms. The highest BCUT2D eigenvalue weighted by Gasteiger charge is 2.51. The topological polar surface area (TPSA) is 3.24 Å². The van der Waals surface area contributed by atoms with Gasteiger partial charge in [0.15, 0.2) is 0 Å². The Morgan fingerprint density at radius 3 is 1.37 bits per heavy atom. The Hall–Kier alpha value is -2.73. The second-order valence-corrected chi connectivity index (χ2v) is 13.6. The van der Waals surface area contributed by atoms with Crippen LogP contribution in [0.2, 0.25) is 0 Å². The second kappa shape index (κ2) is 12.0. The summed E-state index contributed by atoms with van der Waals surface area (Å²) >= 11 is 0. The number of nitrogens with zero attached hydrogens (tertiary/aromatic N) is 1. The fourth-order valence-corrected chi connectivity index (χ4v) is 10.9. The zero-order valence-electron chi connectivity index (χ0n) is 22.6. The van der Waals surface area contributed by atoms with Gasteiger partial charge in [0.1, 0.15) is 0 Å². The highest BCUT2D eigenvalue weighted by Crippen LogP contribution is 2.74. The highest BCUT2D eigenvalue weighted by atomic mass is 31.1. The fourth-order valence-electron chi connectivity index (χ4n) is 7.00. The van der Waals surface area contributed by atoms with Crippen molar-refractivity contribution >= 4 is 8.07 Å². The maximum atomic E-state index is 3.08. The van der Waals surface area contributed by atoms with Crippen molar-refractivity contribution < 1.29 is 0 Å². The van der Waals surface area contributed by atoms with Crippen molar-refractivity contribution in [2.45, 2.75) is 68.2 Å². The van der Waals surface area contributed by atoms with Crippen LogP contribution < -0.4 is 0 Å². The third-order valence-electron chi connectivity index (χ3n) is 8.89. The van der Waals surface area contributed by atoms with Gasteiger partial charge in [-0.3, -0.25) is 4.67 Å². The van der Waals surface area contributed by atoms with Crippen molar-refractivity contribution in [1.82, 2.24) is 4.67 Å². The van der Waals surface area contributed by atoms with E-state index in [0.29, 0.717) is 29.2 Å². The van der Waals surface area contributed by atoms with E-state index in [9.17, 15) is 0 Å². The van der Waals surface area contributed by atoms with Gasteiger partial charge in [-0.15, -0.1) is 0 Å². The Bertz CT molecular complexity index is 1170. The van der Waals surface area contributed by atoms with Crippen molar-refractivity contribution in [1.29, 1.82) is 0 Å². The zero-order chi connectivity index (χ0) is 25.7. The van der Waals surface area contributed by atoms with Gasteiger partial charge in [0, 0.05) is 35.7 Å². The summed E-state index contributed by atoms with van der Waals surface area (Å²) in [4.78, 5) is 0. The van der Waals surface area contributed by atoms with Crippen molar-refractivity contribution in [3.63, 3.8) is 0 Å². The van der Waals surface area contributed by atoms with Gasteiger partial charge in [-0.1, -0.05) is 135 Å². The molecule has 0 unspecified atom stereocenters. The largest absolute Gasteiger partial charge is 0.277 e. The standard InChI is InChI=1S/C36H40NP/c1-2-3-26-37(36-32(28-16-8-4-9-17-28)27-33(36)29-18-10-5-11-19-29)38-34(30-20-12-6-13-21-30)24-25-35(38)31-22-14-7-15-23-31/h4-23,32-36H,2-3,24-27H2,1H3/t32-,33-,34-,35-/m0/s1. The highest BCUT2D eigenvalue weighted by molar-refractivity contribution is 7.56. The number of rotatable bonds is 9. The molecule has 2 fully saturated rings. The Labute approximate surface area is 230 Å². The molecular formula is C36H40NP. The van der Waals surface area contributed by atoms with Crippen molar-refractivity contribution in [2.75, 3.05) is 6.54 Å². The summed E-state index contributed by atoms with van der Waals surface area (Å²) in [5, 5.41) is 0. The van der Waals surface area contributed by atoms with Gasteiger partial charge in [-0.25, -0.2) is 0 Å². The van der Waals surface area contributed by atoms with Gasteiger partial charge in [-0.05, 0) is 56.0 Å². The first kappa shape index (κ1) is 25.5. The lowest BCUT2D eigenvalue weighted by atomic mass is 9.64. The quantitative estimate of drug-likeness (QED) is 0.200. The van der Waals surface area contributed by atoms with E-state index in [-0.39, 0.29) is 0 Å². The minimum absolute atomic E-state index is 0.394. The van der Waals surface area contributed by atoms with E-state index in [0.717, 1.165) is 0 Å². The summed E-state index contributed by atoms with van der Waals surface area (Å²) in [7, 11) is -0.394. The predicted molar refractivity (Wildman–Crippen MR) is 163 cm³/mol. The SMILES string of the molecule is CCCCN(C1[C@H](c2ccccc2)C[C@H]1c1ccccc1)P1[C@H](c2ccccc2)CC[C@H]1c1ccccc1. The van der Waals surface area contributed by atoms with Crippen molar-refractivity contribution in [2.24, 2.45) is 0 Å². The molecule has 1 aliphatic heterocycles. The molecule has 6 rings (SSSR count). The maximum Gasteiger partial charge on any atom is 0.0272 e. The van der Waals surface area contributed by atoms with E-state index >= 15 is 0 Å². The minimum atomic E-state index is -0.394. The summed E-state index contributed by atoms with van der Waals surface area (Å²) in [6.07, 6.45) is 6.33. The number of benzene rings is 4. The van der Waals surface area contributed by atoms with Gasteiger partial charge in [0.25, 0.3) is 0 Å². The van der Waals surface area contributed by atoms with Crippen molar-refractivity contribution in [3.05, 3.63) is 144 Å². The van der Waals surface area contributed by atoms with E-state index in [2.05, 4.69) is 133 Å². The molecule has 0 bridgehead atoms. The van der Waals surface area contributed by atoms with Crippen LogP contribution in [0.3, 0.4) is 0 Å². The lowest BCUT2D eigenvalue weighted by Crippen LogP contribution is -2.50. The molecule has 1 saturated carbocycles. The third kappa shape index (κ3) is 5.12. The van der Waals surface area contributed by atoms with Crippen LogP contribution >= 0.6 is 8.07 Å². The van der Waals surface area contributed by atoms with Gasteiger partial charge in [-0.2, -0.15) is 0 Å². The molecule has 1 nitrogen and oxygen atoms in total. The summed E-state index contributed by atoms with van der Waals surface area (Å²) in [5.74, 6) is 1.18. The molecular weight excluding hydrogens is 477 g/mol. The van der Waals surface area contributed by atoms with Crippen LogP contribution in [-0.2, 0) is 0 Å². The zero-order valence-corrected chi connectivity index (χ0v) is 23.5. The first-order chi connectivity index (χ1) is 18.8. The Morgan fingerprint density at radius 1 is 0.579 bits per heavy atom. The van der Waals surface area contributed by atoms with E-state index < -0.39 is 8.07 Å². The molecule has 1 heterocycles. The van der Waals surface area contributed by atoms with E-state index in [1.54, 1.807) is 11.1 Å². The molecule has 0 aromatic heterocycles. The molecule has 2 heteroatoms. The van der Waals surface area contributed by atoms with Gasteiger partial charge < -0.3 is 0 Å². The minimum Gasteiger partial charge on any atom is -0.277 e. The summed E-state index contributed by atoms with van der Waals surface area (Å²) in [6.45, 7) is 3.56. The summed E-state index contributed by atoms with van der Waals surface area (Å²) in [6, 6.07) is 46.3. The smallest absolute Gasteiger partial charge is 0.0272 e. The first-order valence-electron chi connectivity index (χ1n) is 14.6. The van der Waals surface area contributed by atoms with Crippen molar-refractivity contribution in [3.8, 4) is 0 Å². The molecule has 0 amide bonds. The summed E-state index contributed by atoms with van der Waals surface area (Å²) in [5.41, 5.74) is 7.39. The van der Waals surface area contributed by atoms with Gasteiger partial charge in [0.2, 0.25) is 0 Å². The second-order valence-electron chi connectivity index (χ2n) is 11.1. The first-order valence-corrected chi connectivity index (χ1v) is 16.0. The monoisotopic (exact) mass is 517 g/mol. The number of hydrogen-bond acceptors (Lipinski definition) is 1. The molecule has 4 aromatic carbocycles. The molecule has 0 N–H and O–H groups in total. The van der Waals surface area contributed by atoms with Crippen LogP contribution in [0.15, 0.2) is 121 Å². The van der Waals surface area contributed by atoms with Crippen LogP contribution in [0.25, 0.3) is 0 Å². The van der Waals surface area contributed by atoms with Crippen LogP contribution in [-0.4, -0.2) is 17.3 Å². The van der Waals surface area contributed by atoms with Gasteiger partial charge >= 0.3 is 0 Å². The lowest BCUT2D eigenvalue weighted by Gasteiger charge is -2.55. The van der Waals surface area contributed by atoms with Crippen LogP contribution in [0.1, 0.15) is 84.4 Å². The average Bonchev–Trinajstić information content (AvgIpc) is 3.42. The van der Waals surface area contributed by atoms with E-state index in [1.807, 2.05) is 0 Å². The van der Waals surface area contributed by atoms with Crippen LogP contribution in [0.4, 0.5) is 0 Å². The lowest BCUT2D eigenvalue weighted by molar-refractivity contribution is 0.149. The normalized spacial score (nSPS) is 23.9. The summed E-state index contributed by atoms with van der Waals surface area (Å²) < 4.78 is 3.08. The molecule has 1 saturated heterocycles. The molecule has 2 aliphatic rings. The molecule has 1 aliphatic carbocycles. The van der Waals surface area contributed by atoms with Crippen LogP contribution in [0.5, 0.6) is 0 Å². The number of hydrogen-bond donors (Lipinski definition) is 0. The molecule has 4 aromatic rings. The Balaban J connectivity index is 1.45. The third-order valence-corrected chi connectivity index (χ3v) is 12.3. The van der Waals surface area contributed by atoms with Crippen LogP contribution in [0, 0.1) is 0 Å². The average molecular weight is 518 g/mol. The Morgan fingerprint density at radius 2 is 0.974 bits per heavy atom. The van der Waals surface area contributed by atoms with E-state index in [4.69, 9.17) is 0 Å². The fraction of sp³-hybridized carbons (Fsp3) is 0.333. The van der Waals surface area contributed by atoms with E-state index in [1.165, 1.54) is 49.8 Å². The number of unbranched alkanes of at least 4 members (excludes halogenated alkanes) is 1. The predicted octanol–water partition coefficient (Wildman–Crippen LogP) is 10.1. The Kier molecular flexibility index (Phi) is 8.05. The van der Waals surface area contributed by atoms with Gasteiger partial charge in [0.05, 0.1) is 0 Å². The molecule has 38 heavy (non-hydrogen) atoms. The molecule has 4 atom stereocenters. The molecule has 0 radical (unpaired) electrons. The molecule has 194 valence electrons. The maximum absolute atomic E-state index is 3.08.